The van der Waals surface area contributed by atoms with E-state index in [0.29, 0.717) is 86.5 Å². The van der Waals surface area contributed by atoms with Crippen molar-refractivity contribution in [2.45, 2.75) is 147 Å². The summed E-state index contributed by atoms with van der Waals surface area (Å²) in [7, 11) is -3.85. The molecular weight excluding hydrogens is 1080 g/mol. The van der Waals surface area contributed by atoms with Crippen molar-refractivity contribution in [3.63, 3.8) is 0 Å². The molecule has 0 saturated carbocycles. The van der Waals surface area contributed by atoms with Crippen LogP contribution < -0.4 is 24.6 Å². The summed E-state index contributed by atoms with van der Waals surface area (Å²) in [5.41, 5.74) is 4.97. The van der Waals surface area contributed by atoms with Crippen molar-refractivity contribution < 1.29 is 36.6 Å². The Morgan fingerprint density at radius 2 is 1.57 bits per heavy atom. The van der Waals surface area contributed by atoms with Crippen molar-refractivity contribution in [3.05, 3.63) is 101 Å². The molecule has 6 aromatic rings. The van der Waals surface area contributed by atoms with Gasteiger partial charge in [-0.2, -0.15) is 5.10 Å². The molecule has 4 aliphatic heterocycles. The van der Waals surface area contributed by atoms with E-state index in [1.807, 2.05) is 57.5 Å². The number of hydrogen-bond donors (Lipinski definition) is 2. The summed E-state index contributed by atoms with van der Waals surface area (Å²) in [5.74, 6) is 2.40. The lowest BCUT2D eigenvalue weighted by Crippen LogP contribution is -2.63. The van der Waals surface area contributed by atoms with Crippen LogP contribution in [-0.2, 0) is 31.2 Å². The van der Waals surface area contributed by atoms with Gasteiger partial charge in [0.25, 0.3) is 0 Å². The van der Waals surface area contributed by atoms with E-state index >= 15 is 0 Å². The predicted octanol–water partition coefficient (Wildman–Crippen LogP) is 8.97. The van der Waals surface area contributed by atoms with Gasteiger partial charge in [0, 0.05) is 98.8 Å². The molecule has 4 aliphatic rings. The number of piperidine rings is 2. The van der Waals surface area contributed by atoms with Gasteiger partial charge in [0.2, 0.25) is 11.9 Å². The third kappa shape index (κ3) is 13.3. The number of likely N-dealkylation sites (tertiary alicyclic amines) is 1. The van der Waals surface area contributed by atoms with Gasteiger partial charge in [0.1, 0.15) is 40.3 Å². The molecular formula is C61H80FN13O7S. The van der Waals surface area contributed by atoms with E-state index in [2.05, 4.69) is 60.1 Å². The molecule has 83 heavy (non-hydrogen) atoms. The Labute approximate surface area is 486 Å². The molecule has 3 fully saturated rings. The maximum atomic E-state index is 14.6. The number of ether oxygens (including phenoxy) is 3. The molecule has 2 atom stereocenters. The van der Waals surface area contributed by atoms with Crippen molar-refractivity contribution in [1.82, 2.24) is 49.8 Å². The largest absolute Gasteiger partial charge is 0.492 e. The second-order valence-corrected chi connectivity index (χ2v) is 28.3. The highest BCUT2D eigenvalue weighted by molar-refractivity contribution is 7.92. The molecule has 3 saturated heterocycles. The number of aromatic nitrogens is 7. The molecule has 0 unspecified atom stereocenters. The highest BCUT2D eigenvalue weighted by atomic mass is 32.2. The maximum absolute atomic E-state index is 14.6. The number of piperazine rings is 1. The molecule has 8 heterocycles. The first-order valence-corrected chi connectivity index (χ1v) is 30.5. The fraction of sp³-hybridized carbons (Fsp3) is 0.541. The van der Waals surface area contributed by atoms with E-state index in [-0.39, 0.29) is 64.5 Å². The molecule has 2 amide bonds. The summed E-state index contributed by atoms with van der Waals surface area (Å²) in [4.78, 5) is 62.1. The predicted molar refractivity (Wildman–Crippen MR) is 317 cm³/mol. The fourth-order valence-corrected chi connectivity index (χ4v) is 12.8. The zero-order valence-corrected chi connectivity index (χ0v) is 50.6. The first-order chi connectivity index (χ1) is 39.3. The third-order valence-electron chi connectivity index (χ3n) is 16.5. The van der Waals surface area contributed by atoms with Gasteiger partial charge in [0.15, 0.2) is 21.4 Å². The van der Waals surface area contributed by atoms with Crippen LogP contribution >= 0.6 is 0 Å². The van der Waals surface area contributed by atoms with Crippen LogP contribution in [0.3, 0.4) is 0 Å². The second-order valence-electron chi connectivity index (χ2n) is 25.6. The van der Waals surface area contributed by atoms with Gasteiger partial charge in [-0.15, -0.1) is 0 Å². The first-order valence-electron chi connectivity index (χ1n) is 29.0. The molecule has 0 spiro atoms. The number of aromatic amines is 1. The van der Waals surface area contributed by atoms with Gasteiger partial charge in [-0.25, -0.2) is 37.5 Å². The number of aryl methyl sites for hydroxylation is 1. The van der Waals surface area contributed by atoms with E-state index in [1.54, 1.807) is 57.4 Å². The van der Waals surface area contributed by atoms with Crippen LogP contribution in [0, 0.1) is 25.6 Å². The van der Waals surface area contributed by atoms with Gasteiger partial charge in [0.05, 0.1) is 47.2 Å². The van der Waals surface area contributed by atoms with Crippen LogP contribution in [0.4, 0.5) is 32.5 Å². The number of carbonyl (C=O) groups is 2. The number of fused-ring (bicyclic) bond motifs is 2. The average Bonchev–Trinajstić information content (AvgIpc) is 2.72. The van der Waals surface area contributed by atoms with E-state index in [1.165, 1.54) is 18.5 Å². The SMILES string of the molecule is Cc1[nH]nc(Nc2ncnc3cc(OCC4CCN(c5ncc(OC6CCN(C[C@H]7CN(C(=O)OC(C)(C)C)[C@H](C)CN7CC(=O)N7CC(C)(C)c8ncc(Cc9ccc(F)cc9)cc87)CC6)cn5)CC4)c(S(=O)(=O)C(C)(C)C)cc23)c1C. The number of H-pyrrole nitrogens is 1. The molecule has 0 radical (unpaired) electrons. The number of nitrogens with zero attached hydrogens (tertiary/aromatic N) is 11. The molecule has 20 nitrogen and oxygen atoms in total. The molecule has 2 aromatic carbocycles. The smallest absolute Gasteiger partial charge is 0.410 e. The van der Waals surface area contributed by atoms with Gasteiger partial charge in [-0.1, -0.05) is 26.0 Å². The van der Waals surface area contributed by atoms with Crippen LogP contribution in [0.5, 0.6) is 11.5 Å². The Kier molecular flexibility index (Phi) is 16.8. The lowest BCUT2D eigenvalue weighted by molar-refractivity contribution is -0.121. The van der Waals surface area contributed by atoms with E-state index < -0.39 is 20.2 Å². The number of rotatable bonds is 15. The van der Waals surface area contributed by atoms with Gasteiger partial charge in [-0.05, 0) is 136 Å². The van der Waals surface area contributed by atoms with Crippen molar-refractivity contribution in [1.29, 1.82) is 0 Å². The number of pyridine rings is 1. The molecule has 0 aliphatic carbocycles. The number of benzene rings is 2. The summed E-state index contributed by atoms with van der Waals surface area (Å²) < 4.78 is 59.6. The molecule has 2 N–H and O–H groups in total. The monoisotopic (exact) mass is 1160 g/mol. The first kappa shape index (κ1) is 59.1. The van der Waals surface area contributed by atoms with Gasteiger partial charge >= 0.3 is 6.09 Å². The van der Waals surface area contributed by atoms with Crippen LogP contribution in [0.15, 0.2) is 72.3 Å². The minimum absolute atomic E-state index is 0.0175. The van der Waals surface area contributed by atoms with Crippen molar-refractivity contribution in [2.75, 3.05) is 80.6 Å². The summed E-state index contributed by atoms with van der Waals surface area (Å²) in [5, 5.41) is 11.1. The molecule has 22 heteroatoms. The fourth-order valence-electron chi connectivity index (χ4n) is 11.5. The van der Waals surface area contributed by atoms with Crippen molar-refractivity contribution in [2.24, 2.45) is 5.92 Å². The zero-order chi connectivity index (χ0) is 59.2. The molecule has 0 bridgehead atoms. The topological polar surface area (TPSA) is 217 Å². The Bertz CT molecular complexity index is 3420. The number of hydrogen-bond acceptors (Lipinski definition) is 17. The maximum Gasteiger partial charge on any atom is 0.410 e. The Hall–Kier alpha value is -7.04. The highest BCUT2D eigenvalue weighted by Crippen LogP contribution is 2.41. The number of amides is 2. The minimum atomic E-state index is -3.85. The van der Waals surface area contributed by atoms with Crippen LogP contribution in [0.1, 0.15) is 116 Å². The summed E-state index contributed by atoms with van der Waals surface area (Å²) in [6, 6.07) is 11.5. The number of sulfone groups is 1. The van der Waals surface area contributed by atoms with Crippen molar-refractivity contribution >= 4 is 56.0 Å². The van der Waals surface area contributed by atoms with E-state index in [4.69, 9.17) is 29.2 Å². The lowest BCUT2D eigenvalue weighted by Gasteiger charge is -2.47. The minimum Gasteiger partial charge on any atom is -0.492 e. The Morgan fingerprint density at radius 1 is 0.855 bits per heavy atom. The summed E-state index contributed by atoms with van der Waals surface area (Å²) >= 11 is 0. The highest BCUT2D eigenvalue weighted by Gasteiger charge is 2.43. The van der Waals surface area contributed by atoms with Crippen LogP contribution in [0.25, 0.3) is 10.9 Å². The standard InChI is InChI=1S/C61H80FN13O7S/c1-38-31-73(34-53(76)75-36-61(10,11)54-50(75)25-43(28-63-54)24-41-12-14-44(62)15-13-41)45(33-74(38)58(77)82-59(4,5)6)32-71-20-18-46(19-21-71)81-47-29-64-57(65-30-47)72-22-16-42(17-23-72)35-80-51-27-49-48(26-52(51)83(78,79)60(7,8)9)56(67-37-66-49)68-55-39(2)40(3)69-70-55/h12-15,25-30,37-38,42,45-46H,16-24,31-36H2,1-11H3,(H2,66,67,68,69,70)/t38-,45+/m1/s1. The van der Waals surface area contributed by atoms with Crippen LogP contribution in [-0.4, -0.2) is 164 Å². The average molecular weight is 1160 g/mol. The number of nitrogens with one attached hydrogen (secondary N) is 2. The number of halogens is 1. The quantitative estimate of drug-likeness (QED) is 0.0980. The second kappa shape index (κ2) is 23.5. The van der Waals surface area contributed by atoms with Crippen molar-refractivity contribution in [3.8, 4) is 11.5 Å². The van der Waals surface area contributed by atoms with E-state index in [0.717, 1.165) is 72.5 Å². The van der Waals surface area contributed by atoms with Crippen LogP contribution in [0.2, 0.25) is 0 Å². The third-order valence-corrected chi connectivity index (χ3v) is 19.0. The molecule has 444 valence electrons. The summed E-state index contributed by atoms with van der Waals surface area (Å²) in [6.07, 6.45) is 10.1. The Morgan fingerprint density at radius 3 is 2.23 bits per heavy atom. The van der Waals surface area contributed by atoms with E-state index in [9.17, 15) is 22.4 Å². The number of carbonyl (C=O) groups excluding carboxylic acids is 2. The summed E-state index contributed by atoms with van der Waals surface area (Å²) in [6.45, 7) is 26.3. The van der Waals surface area contributed by atoms with Gasteiger partial charge in [-0.3, -0.25) is 19.8 Å². The Balaban J connectivity index is 0.736. The normalized spacial score (nSPS) is 19.5. The zero-order valence-electron chi connectivity index (χ0n) is 49.8. The molecule has 4 aromatic heterocycles. The molecule has 10 rings (SSSR count). The van der Waals surface area contributed by atoms with Gasteiger partial charge < -0.3 is 39.1 Å². The number of anilines is 4. The lowest BCUT2D eigenvalue weighted by atomic mass is 9.91.